The Balaban J connectivity index is 3.26. The van der Waals surface area contributed by atoms with Gasteiger partial charge in [0.05, 0.1) is 6.42 Å². The van der Waals surface area contributed by atoms with Crippen LogP contribution in [0.3, 0.4) is 0 Å². The first-order valence-corrected chi connectivity index (χ1v) is 8.23. The highest BCUT2D eigenvalue weighted by Gasteiger charge is 2.18. The number of benzene rings is 1. The summed E-state index contributed by atoms with van der Waals surface area (Å²) in [6, 6.07) is 2.98. The van der Waals surface area contributed by atoms with Crippen LogP contribution >= 0.6 is 0 Å². The lowest BCUT2D eigenvalue weighted by Gasteiger charge is -2.19. The minimum atomic E-state index is -1.38. The summed E-state index contributed by atoms with van der Waals surface area (Å²) in [7, 11) is -1.38. The van der Waals surface area contributed by atoms with Gasteiger partial charge in [0.15, 0.2) is 0 Å². The molecule has 1 rings (SSSR count). The SMILES string of the molecule is CC(C)c1cc(F)cc(C(C)C)c1CC(=O)NS(C)=O. The third-order valence-corrected chi connectivity index (χ3v) is 3.64. The van der Waals surface area contributed by atoms with Crippen LogP contribution in [0, 0.1) is 5.82 Å². The Labute approximate surface area is 122 Å². The van der Waals surface area contributed by atoms with Crippen molar-refractivity contribution in [1.82, 2.24) is 4.72 Å². The van der Waals surface area contributed by atoms with E-state index in [0.717, 1.165) is 16.7 Å². The van der Waals surface area contributed by atoms with Crippen molar-refractivity contribution in [1.29, 1.82) is 0 Å². The lowest BCUT2D eigenvalue weighted by Crippen LogP contribution is -2.27. The van der Waals surface area contributed by atoms with E-state index in [9.17, 15) is 13.4 Å². The smallest absolute Gasteiger partial charge is 0.236 e. The van der Waals surface area contributed by atoms with Gasteiger partial charge in [0, 0.05) is 6.26 Å². The van der Waals surface area contributed by atoms with Gasteiger partial charge in [-0.1, -0.05) is 27.7 Å². The largest absolute Gasteiger partial charge is 0.275 e. The molecule has 1 unspecified atom stereocenters. The summed E-state index contributed by atoms with van der Waals surface area (Å²) in [6.45, 7) is 7.88. The summed E-state index contributed by atoms with van der Waals surface area (Å²) in [4.78, 5) is 11.9. The Hall–Kier alpha value is -1.23. The summed E-state index contributed by atoms with van der Waals surface area (Å²) in [5, 5.41) is 0. The van der Waals surface area contributed by atoms with Crippen LogP contribution < -0.4 is 4.72 Å². The number of rotatable bonds is 5. The highest BCUT2D eigenvalue weighted by molar-refractivity contribution is 7.82. The Bertz CT molecular complexity index is 498. The molecular weight excluding hydrogens is 277 g/mol. The van der Waals surface area contributed by atoms with E-state index in [4.69, 9.17) is 0 Å². The predicted molar refractivity (Wildman–Crippen MR) is 80.5 cm³/mol. The molecule has 1 aromatic carbocycles. The van der Waals surface area contributed by atoms with E-state index >= 15 is 0 Å². The molecule has 1 atom stereocenters. The van der Waals surface area contributed by atoms with E-state index < -0.39 is 11.0 Å². The van der Waals surface area contributed by atoms with E-state index in [1.807, 2.05) is 27.7 Å². The zero-order valence-electron chi connectivity index (χ0n) is 12.6. The number of carbonyl (C=O) groups is 1. The van der Waals surface area contributed by atoms with Gasteiger partial charge in [0.1, 0.15) is 16.8 Å². The van der Waals surface area contributed by atoms with Gasteiger partial charge in [-0.25, -0.2) is 8.60 Å². The maximum atomic E-state index is 13.7. The van der Waals surface area contributed by atoms with Crippen molar-refractivity contribution in [3.63, 3.8) is 0 Å². The van der Waals surface area contributed by atoms with Crippen LogP contribution in [0.2, 0.25) is 0 Å². The molecule has 0 spiro atoms. The van der Waals surface area contributed by atoms with Gasteiger partial charge in [-0.2, -0.15) is 0 Å². The number of nitrogens with one attached hydrogen (secondary N) is 1. The zero-order chi connectivity index (χ0) is 15.4. The lowest BCUT2D eigenvalue weighted by atomic mass is 9.87. The van der Waals surface area contributed by atoms with Crippen molar-refractivity contribution in [2.45, 2.75) is 46.0 Å². The highest BCUT2D eigenvalue weighted by atomic mass is 32.2. The molecule has 0 heterocycles. The predicted octanol–water partition coefficient (Wildman–Crippen LogP) is 3.02. The molecule has 1 aromatic rings. The van der Waals surface area contributed by atoms with Gasteiger partial charge in [0.25, 0.3) is 0 Å². The quantitative estimate of drug-likeness (QED) is 0.908. The summed E-state index contributed by atoms with van der Waals surface area (Å²) < 4.78 is 27.2. The molecule has 0 fully saturated rings. The Morgan fingerprint density at radius 1 is 1.20 bits per heavy atom. The van der Waals surface area contributed by atoms with Gasteiger partial charge in [-0.3, -0.25) is 9.52 Å². The first-order chi connectivity index (χ1) is 9.22. The van der Waals surface area contributed by atoms with E-state index in [2.05, 4.69) is 4.72 Å². The van der Waals surface area contributed by atoms with Crippen molar-refractivity contribution in [2.75, 3.05) is 6.26 Å². The second kappa shape index (κ2) is 6.97. The van der Waals surface area contributed by atoms with Gasteiger partial charge in [-0.05, 0) is 40.7 Å². The third kappa shape index (κ3) is 4.40. The fourth-order valence-electron chi connectivity index (χ4n) is 2.27. The standard InChI is InChI=1S/C15H22FNO2S/c1-9(2)12-6-11(16)7-13(10(3)4)14(12)8-15(18)17-20(5)19/h6-7,9-10H,8H2,1-5H3,(H,17,18). The van der Waals surface area contributed by atoms with Crippen molar-refractivity contribution in [2.24, 2.45) is 0 Å². The van der Waals surface area contributed by atoms with E-state index in [0.29, 0.717) is 0 Å². The molecule has 0 bridgehead atoms. The average molecular weight is 299 g/mol. The molecule has 3 nitrogen and oxygen atoms in total. The Morgan fingerprint density at radius 2 is 1.65 bits per heavy atom. The minimum absolute atomic E-state index is 0.123. The molecule has 5 heteroatoms. The molecule has 112 valence electrons. The number of hydrogen-bond donors (Lipinski definition) is 1. The number of halogens is 1. The van der Waals surface area contributed by atoms with Crippen LogP contribution in [0.4, 0.5) is 4.39 Å². The van der Waals surface area contributed by atoms with Crippen molar-refractivity contribution in [3.8, 4) is 0 Å². The van der Waals surface area contributed by atoms with Crippen molar-refractivity contribution < 1.29 is 13.4 Å². The van der Waals surface area contributed by atoms with Crippen LogP contribution in [-0.4, -0.2) is 16.4 Å². The molecule has 0 radical (unpaired) electrons. The molecule has 0 saturated carbocycles. The van der Waals surface area contributed by atoms with Crippen LogP contribution in [0.15, 0.2) is 12.1 Å². The maximum absolute atomic E-state index is 13.7. The molecule has 0 aliphatic carbocycles. The van der Waals surface area contributed by atoms with Crippen LogP contribution in [-0.2, 0) is 22.2 Å². The fourth-order valence-corrected chi connectivity index (χ4v) is 2.66. The fraction of sp³-hybridized carbons (Fsp3) is 0.533. The summed E-state index contributed by atoms with van der Waals surface area (Å²) >= 11 is 0. The van der Waals surface area contributed by atoms with E-state index in [-0.39, 0.29) is 30.0 Å². The van der Waals surface area contributed by atoms with E-state index in [1.54, 1.807) is 0 Å². The molecule has 0 aliphatic heterocycles. The molecular formula is C15H22FNO2S. The lowest BCUT2D eigenvalue weighted by molar-refractivity contribution is -0.118. The second-order valence-electron chi connectivity index (χ2n) is 5.53. The maximum Gasteiger partial charge on any atom is 0.236 e. The number of hydrogen-bond acceptors (Lipinski definition) is 2. The zero-order valence-corrected chi connectivity index (χ0v) is 13.4. The highest BCUT2D eigenvalue weighted by Crippen LogP contribution is 2.29. The van der Waals surface area contributed by atoms with Crippen molar-refractivity contribution >= 4 is 16.9 Å². The van der Waals surface area contributed by atoms with Crippen LogP contribution in [0.1, 0.15) is 56.2 Å². The topological polar surface area (TPSA) is 46.2 Å². The molecule has 20 heavy (non-hydrogen) atoms. The number of carbonyl (C=O) groups excluding carboxylic acids is 1. The molecule has 1 N–H and O–H groups in total. The Kier molecular flexibility index (Phi) is 5.87. The minimum Gasteiger partial charge on any atom is -0.275 e. The van der Waals surface area contributed by atoms with Gasteiger partial charge in [-0.15, -0.1) is 0 Å². The molecule has 0 aromatic heterocycles. The summed E-state index contributed by atoms with van der Waals surface area (Å²) in [5.41, 5.74) is 2.52. The Morgan fingerprint density at radius 3 is 2.00 bits per heavy atom. The summed E-state index contributed by atoms with van der Waals surface area (Å²) in [5.74, 6) is -0.335. The monoisotopic (exact) mass is 299 g/mol. The third-order valence-electron chi connectivity index (χ3n) is 3.12. The van der Waals surface area contributed by atoms with Crippen LogP contribution in [0.5, 0.6) is 0 Å². The van der Waals surface area contributed by atoms with E-state index in [1.165, 1.54) is 18.4 Å². The number of amides is 1. The van der Waals surface area contributed by atoms with Gasteiger partial charge < -0.3 is 0 Å². The normalized spacial score (nSPS) is 12.8. The van der Waals surface area contributed by atoms with Crippen LogP contribution in [0.25, 0.3) is 0 Å². The van der Waals surface area contributed by atoms with Gasteiger partial charge in [0.2, 0.25) is 5.91 Å². The molecule has 0 aliphatic rings. The molecule has 0 saturated heterocycles. The second-order valence-corrected chi connectivity index (χ2v) is 6.64. The molecule has 1 amide bonds. The summed E-state index contributed by atoms with van der Waals surface area (Å²) in [6.07, 6.45) is 1.54. The average Bonchev–Trinajstić information content (AvgIpc) is 2.29. The van der Waals surface area contributed by atoms with Gasteiger partial charge >= 0.3 is 0 Å². The van der Waals surface area contributed by atoms with Crippen molar-refractivity contribution in [3.05, 3.63) is 34.6 Å². The first-order valence-electron chi connectivity index (χ1n) is 6.67. The first kappa shape index (κ1) is 16.8.